The van der Waals surface area contributed by atoms with Crippen LogP contribution in [0, 0.1) is 76.7 Å². The van der Waals surface area contributed by atoms with Crippen molar-refractivity contribution in [3.8, 4) is 6.19 Å². The number of nitrogens with one attached hydrogen (secondary N) is 5. The minimum Gasteiger partial charge on any atom is -0.389 e. The van der Waals surface area contributed by atoms with E-state index in [9.17, 15) is 58.2 Å². The number of sulfonamides is 1. The minimum absolute atomic E-state index is 0.0470. The molecular formula is C98H213N23O15S4. The predicted octanol–water partition coefficient (Wildman–Crippen LogP) is 16.8. The Bertz CT molecular complexity index is 3880. The lowest BCUT2D eigenvalue weighted by atomic mass is 9.89. The number of nitro groups is 1. The molecule has 0 saturated heterocycles. The summed E-state index contributed by atoms with van der Waals surface area (Å²) in [5, 5.41) is 55.8. The number of nitriles is 1. The van der Waals surface area contributed by atoms with Crippen LogP contribution in [0.15, 0.2) is 33.3 Å². The lowest BCUT2D eigenvalue weighted by Crippen LogP contribution is -2.40. The third-order valence-corrected chi connectivity index (χ3v) is 20.6. The molecule has 0 aromatic heterocycles. The van der Waals surface area contributed by atoms with Gasteiger partial charge in [-0.2, -0.15) is 30.5 Å². The summed E-state index contributed by atoms with van der Waals surface area (Å²) >= 11 is 0. The molecule has 0 saturated carbocycles. The number of rotatable bonds is 44. The molecule has 0 aromatic carbocycles. The monoisotopic (exact) mass is 2080 g/mol. The molecule has 0 bridgehead atoms. The summed E-state index contributed by atoms with van der Waals surface area (Å²) < 4.78 is 103. The van der Waals surface area contributed by atoms with Crippen molar-refractivity contribution in [3.63, 3.8) is 0 Å². The number of aliphatic hydroxyl groups excluding tert-OH is 1. The van der Waals surface area contributed by atoms with Crippen LogP contribution in [0.25, 0.3) is 0 Å². The molecule has 0 aliphatic heterocycles. The number of aliphatic imine (C=N–C) groups is 3. The topological polar surface area (TPSA) is 574 Å². The summed E-state index contributed by atoms with van der Waals surface area (Å²) in [5.41, 5.74) is 13.5. The number of amidine groups is 3. The highest BCUT2D eigenvalue weighted by Crippen LogP contribution is 2.27. The van der Waals surface area contributed by atoms with Crippen LogP contribution in [0.2, 0.25) is 0 Å². The summed E-state index contributed by atoms with van der Waals surface area (Å²) in [6.45, 7) is 66.3. The molecule has 0 unspecified atom stereocenters. The number of hydrogen-bond donors (Lipinski definition) is 11. The second kappa shape index (κ2) is 82.2. The Hall–Kier alpha value is -7.01. The van der Waals surface area contributed by atoms with E-state index in [2.05, 4.69) is 253 Å². The molecule has 0 fully saturated rings. The molecule has 0 rings (SSSR count). The minimum atomic E-state index is -3.83. The van der Waals surface area contributed by atoms with E-state index in [0.717, 1.165) is 173 Å². The van der Waals surface area contributed by atoms with E-state index in [-0.39, 0.29) is 36.5 Å². The zero-order valence-corrected chi connectivity index (χ0v) is 99.4. The van der Waals surface area contributed by atoms with Crippen LogP contribution in [0.3, 0.4) is 0 Å². The molecule has 42 heteroatoms. The van der Waals surface area contributed by atoms with E-state index < -0.39 is 45.7 Å². The fraction of sp³-hybridized carbons (Fsp3) is 0.888. The molecule has 0 amide bonds. The Kier molecular flexibility index (Phi) is 89.9. The molecule has 0 spiro atoms. The van der Waals surface area contributed by atoms with Crippen molar-refractivity contribution in [3.05, 3.63) is 10.1 Å². The lowest BCUT2D eigenvalue weighted by molar-refractivity contribution is -0.485. The largest absolute Gasteiger partial charge is 0.389 e. The second-order valence-electron chi connectivity index (χ2n) is 46.2. The average Bonchev–Trinajstić information content (AvgIpc) is 0.949. The van der Waals surface area contributed by atoms with Gasteiger partial charge in [0.1, 0.15) is 41.6 Å². The van der Waals surface area contributed by atoms with Gasteiger partial charge < -0.3 is 56.9 Å². The normalized spacial score (nSPS) is 12.8. The van der Waals surface area contributed by atoms with Crippen LogP contribution in [-0.2, 0) is 59.8 Å². The zero-order chi connectivity index (χ0) is 112. The highest BCUT2D eigenvalue weighted by Gasteiger charge is 2.19. The smallest absolute Gasteiger partial charge is 0.318 e. The van der Waals surface area contributed by atoms with Gasteiger partial charge >= 0.3 is 30.6 Å². The summed E-state index contributed by atoms with van der Waals surface area (Å²) in [4.78, 5) is 62.2. The summed E-state index contributed by atoms with van der Waals surface area (Å²) in [7, 11) is 4.96. The third-order valence-electron chi connectivity index (χ3n) is 18.6. The van der Waals surface area contributed by atoms with E-state index in [4.69, 9.17) is 42.0 Å². The van der Waals surface area contributed by atoms with Gasteiger partial charge in [0.05, 0.1) is 6.26 Å². The Morgan fingerprint density at radius 1 is 0.436 bits per heavy atom. The number of nitrogens with two attached hydrogens (primary N) is 5. The fourth-order valence-corrected chi connectivity index (χ4v) is 13.1. The van der Waals surface area contributed by atoms with Crippen molar-refractivity contribution >= 4 is 99.3 Å². The first-order valence-electron chi connectivity index (χ1n) is 49.3. The number of carbonyl (C=O) groups is 3. The number of hydrazone groups is 1. The van der Waals surface area contributed by atoms with E-state index in [0.29, 0.717) is 124 Å². The Morgan fingerprint density at radius 3 is 1.03 bits per heavy atom. The number of nitrogens with zero attached hydrogens (tertiary/aromatic N) is 13. The first kappa shape index (κ1) is 153. The number of aliphatic hydroxyl groups is 1. The molecule has 0 atom stereocenters. The number of carbonyl (C=O) groups excluding carboxylic acids is 3. The Labute approximate surface area is 856 Å². The molecular weight excluding hydrogens is 1870 g/mol. The van der Waals surface area contributed by atoms with Crippen LogP contribution < -0.4 is 52.9 Å². The number of unbranched alkanes of at least 4 members (excludes halogenated alkanes) is 3. The molecule has 140 heavy (non-hydrogen) atoms. The van der Waals surface area contributed by atoms with Gasteiger partial charge in [0.25, 0.3) is 5.96 Å². The van der Waals surface area contributed by atoms with Gasteiger partial charge in [-0.15, -0.1) is 13.2 Å². The van der Waals surface area contributed by atoms with E-state index >= 15 is 0 Å². The van der Waals surface area contributed by atoms with Crippen LogP contribution in [0.5, 0.6) is 0 Å². The van der Waals surface area contributed by atoms with Crippen molar-refractivity contribution in [2.75, 3.05) is 123 Å². The van der Waals surface area contributed by atoms with E-state index in [1.807, 2.05) is 53.3 Å². The van der Waals surface area contributed by atoms with Gasteiger partial charge in [0.15, 0.2) is 28.8 Å². The number of hydrogen-bond acceptors (Lipinski definition) is 19. The molecule has 16 N–H and O–H groups in total. The zero-order valence-electron chi connectivity index (χ0n) is 96.1. The van der Waals surface area contributed by atoms with E-state index in [1.165, 1.54) is 19.3 Å². The molecule has 834 valence electrons. The van der Waals surface area contributed by atoms with Crippen molar-refractivity contribution in [2.45, 2.75) is 393 Å². The maximum atomic E-state index is 11.0. The summed E-state index contributed by atoms with van der Waals surface area (Å²) in [5.74, 6) is 4.83. The number of Topliss-reactive ketones (excluding diaryl/α,β-unsaturated/α-hetero) is 3. The molecule has 0 radical (unpaired) electrons. The number of ether oxygens (including phenoxy) is 1. The maximum Gasteiger partial charge on any atom is 0.318 e. The highest BCUT2D eigenvalue weighted by molar-refractivity contribution is 7.89. The Balaban J connectivity index is -0.000000168. The van der Waals surface area contributed by atoms with Crippen molar-refractivity contribution in [1.29, 1.82) is 5.26 Å². The summed E-state index contributed by atoms with van der Waals surface area (Å²) in [6.07, 6.45) is 31.2. The number of ketones is 3. The van der Waals surface area contributed by atoms with Gasteiger partial charge in [0.2, 0.25) is 21.9 Å². The SMILES string of the molecule is CC(C)(C)CCCC(=O)CO.CC(C)(C)CCCCC(N)=NS(N)(=O)=O.CC(C)(C)CCCCC(N)=NS(N)(=O)=O.CC(C)CCCN=C(NC#N)N(C)C.CCC(=O)CCCC(C)(C)C.CN(C)/C(=N\[N+](=O)[O-])NCCCC(C)(C)C.CN(C)C(CCCCC(C)(C)C)=NS(N)(=O)=O.CN=C(NCCCC(C)(C)C)N(C)C.CN=C(NCCCC(C)C)NS(C)(=O)=O.COCC(=O)CCCC(C)(C)C. The third kappa shape index (κ3) is 149. The lowest BCUT2D eigenvalue weighted by Gasteiger charge is -2.20. The molecule has 0 aromatic rings. The van der Waals surface area contributed by atoms with Crippen molar-refractivity contribution < 1.29 is 62.9 Å². The average molecular weight is 2080 g/mol. The molecule has 0 aliphatic rings. The number of methoxy groups -OCH3 is 1. The van der Waals surface area contributed by atoms with Crippen LogP contribution in [0.4, 0.5) is 0 Å². The number of guanidine groups is 4. The van der Waals surface area contributed by atoms with Gasteiger partial charge in [0, 0.05) is 149 Å². The quantitative estimate of drug-likeness (QED) is 0.00513. The molecule has 38 nitrogen and oxygen atoms in total. The fourth-order valence-electron chi connectivity index (χ4n) is 11.2. The standard InChI is InChI=1S/C11H25N3O2S.C11H25N3.C10H22N4O2.C10H20N4.C10H20O2.C10H20O.3C9H21N3O2S.C9H18O2/c1-11(2,3)9-7-6-8-10(14(4)5)13-17(12,15)16;1-11(2,3)8-7-9-13-10(12-4)14(5)6;1-10(2,3)7-6-8-11-9(13(4)5)12-14(15)16;1-9(2)6-5-7-12-10(13-8-11)14(3)4;1-10(2,3)7-5-6-9(11)8-12-4;1-5-9(11)7-6-8-10(2,3)4;1-8(2)6-5-7-11-9(10-3)12-15(4,13)14;2*1-9(2,3)7-5-4-6-8(10)12-15(11,13)14;1-9(2,3)6-4-5-8(11)7-10/h6-9H2,1-5H3,(H2,12,15,16);7-9H2,1-6H3,(H,12,13);6-8H2,1-5H3,(H,11,12);9H,5-7H2,1-4H3,(H,12,13);5-8H2,1-4H3;5-8H2,1-4H3;8H,5-7H2,1-4H3,(H2,10,11,12);2*4-7H2,1-3H3,(H2,10,12)(H2,11,13,14);10H,4-7H2,1-3H3. The summed E-state index contributed by atoms with van der Waals surface area (Å²) in [6, 6.07) is 0. The van der Waals surface area contributed by atoms with Crippen LogP contribution in [0.1, 0.15) is 393 Å². The van der Waals surface area contributed by atoms with Crippen molar-refractivity contribution in [1.82, 2.24) is 45.6 Å². The van der Waals surface area contributed by atoms with Crippen molar-refractivity contribution in [2.24, 2.45) is 115 Å². The van der Waals surface area contributed by atoms with E-state index in [1.54, 1.807) is 57.0 Å². The highest BCUT2D eigenvalue weighted by atomic mass is 32.2. The Morgan fingerprint density at radius 2 is 0.750 bits per heavy atom. The van der Waals surface area contributed by atoms with Gasteiger partial charge in [-0.25, -0.2) is 33.9 Å². The second-order valence-corrected chi connectivity index (χ2v) is 51.6. The molecule has 0 heterocycles. The first-order chi connectivity index (χ1) is 63.1. The van der Waals surface area contributed by atoms with Gasteiger partial charge in [-0.3, -0.25) is 39.4 Å². The van der Waals surface area contributed by atoms with Crippen LogP contribution >= 0.6 is 0 Å². The van der Waals surface area contributed by atoms with Crippen LogP contribution in [-0.4, -0.2) is 245 Å². The predicted molar refractivity (Wildman–Crippen MR) is 592 cm³/mol. The first-order valence-corrected chi connectivity index (χ1v) is 55.7. The molecule has 0 aliphatic carbocycles. The van der Waals surface area contributed by atoms with Gasteiger partial charge in [-0.05, 0) is 184 Å². The van der Waals surface area contributed by atoms with Gasteiger partial charge in [-0.1, -0.05) is 220 Å². The maximum absolute atomic E-state index is 11.0.